The van der Waals surface area contributed by atoms with E-state index in [4.69, 9.17) is 19.1 Å². The fourth-order valence-corrected chi connectivity index (χ4v) is 2.64. The lowest BCUT2D eigenvalue weighted by atomic mass is 10.1. The van der Waals surface area contributed by atoms with Crippen LogP contribution in [0.15, 0.2) is 40.9 Å². The van der Waals surface area contributed by atoms with Crippen LogP contribution in [0.3, 0.4) is 0 Å². The van der Waals surface area contributed by atoms with E-state index in [1.54, 1.807) is 19.2 Å². The van der Waals surface area contributed by atoms with Crippen molar-refractivity contribution in [2.45, 2.75) is 26.6 Å². The lowest BCUT2D eigenvalue weighted by Crippen LogP contribution is -2.08. The van der Waals surface area contributed by atoms with Crippen molar-refractivity contribution in [3.8, 4) is 28.6 Å². The molecule has 0 saturated carbocycles. The van der Waals surface area contributed by atoms with E-state index in [0.29, 0.717) is 23.5 Å². The van der Waals surface area contributed by atoms with E-state index in [1.165, 1.54) is 6.07 Å². The van der Waals surface area contributed by atoms with Crippen LogP contribution in [-0.4, -0.2) is 34.4 Å². The maximum Gasteiger partial charge on any atom is 0.338 e. The van der Waals surface area contributed by atoms with Crippen LogP contribution < -0.4 is 4.74 Å². The first-order chi connectivity index (χ1) is 13.4. The first kappa shape index (κ1) is 19.5. The van der Waals surface area contributed by atoms with Gasteiger partial charge in [0, 0.05) is 23.8 Å². The van der Waals surface area contributed by atoms with Crippen molar-refractivity contribution in [1.29, 1.82) is 0 Å². The summed E-state index contributed by atoms with van der Waals surface area (Å²) in [6.45, 7) is 4.21. The molecule has 146 valence electrons. The molecule has 8 heteroatoms. The van der Waals surface area contributed by atoms with Gasteiger partial charge in [-0.05, 0) is 50.2 Å². The Morgan fingerprint density at radius 3 is 2.61 bits per heavy atom. The highest BCUT2D eigenvalue weighted by molar-refractivity contribution is 5.88. The summed E-state index contributed by atoms with van der Waals surface area (Å²) in [7, 11) is 1.59. The van der Waals surface area contributed by atoms with Gasteiger partial charge >= 0.3 is 5.97 Å². The molecule has 0 aliphatic rings. The number of nitrogens with zero attached hydrogens (tertiary/aromatic N) is 2. The van der Waals surface area contributed by atoms with Gasteiger partial charge in [0.05, 0.1) is 18.3 Å². The van der Waals surface area contributed by atoms with Crippen LogP contribution in [0.1, 0.15) is 29.8 Å². The molecule has 0 bridgehead atoms. The largest absolute Gasteiger partial charge is 0.491 e. The predicted octanol–water partition coefficient (Wildman–Crippen LogP) is 4.17. The first-order valence-corrected chi connectivity index (χ1v) is 8.55. The Labute approximate surface area is 160 Å². The zero-order valence-corrected chi connectivity index (χ0v) is 15.6. The smallest absolute Gasteiger partial charge is 0.338 e. The predicted molar refractivity (Wildman–Crippen MR) is 98.6 cm³/mol. The van der Waals surface area contributed by atoms with Gasteiger partial charge in [-0.15, -0.1) is 0 Å². The molecule has 7 nitrogen and oxygen atoms in total. The van der Waals surface area contributed by atoms with E-state index < -0.39 is 17.3 Å². The first-order valence-electron chi connectivity index (χ1n) is 8.55. The molecule has 1 heterocycles. The van der Waals surface area contributed by atoms with E-state index in [-0.39, 0.29) is 17.8 Å². The third-order valence-electron chi connectivity index (χ3n) is 3.85. The zero-order chi connectivity index (χ0) is 20.3. The van der Waals surface area contributed by atoms with Crippen LogP contribution in [0, 0.1) is 5.82 Å². The third-order valence-corrected chi connectivity index (χ3v) is 3.85. The molecular formula is C20H19FN2O5. The molecule has 3 aromatic rings. The minimum Gasteiger partial charge on any atom is -0.491 e. The Morgan fingerprint density at radius 1 is 1.21 bits per heavy atom. The number of methoxy groups -OCH3 is 1. The number of benzene rings is 2. The highest BCUT2D eigenvalue weighted by atomic mass is 19.1. The van der Waals surface area contributed by atoms with E-state index in [2.05, 4.69) is 10.1 Å². The quantitative estimate of drug-likeness (QED) is 0.651. The number of carboxylic acids is 1. The van der Waals surface area contributed by atoms with Gasteiger partial charge in [-0.3, -0.25) is 0 Å². The van der Waals surface area contributed by atoms with Gasteiger partial charge in [0.1, 0.15) is 11.6 Å². The van der Waals surface area contributed by atoms with Crippen molar-refractivity contribution in [2.75, 3.05) is 7.11 Å². The third kappa shape index (κ3) is 4.17. The summed E-state index contributed by atoms with van der Waals surface area (Å²) < 4.78 is 30.2. The van der Waals surface area contributed by atoms with Crippen molar-refractivity contribution < 1.29 is 28.3 Å². The molecular weight excluding hydrogens is 367 g/mol. The maximum atomic E-state index is 13.9. The van der Waals surface area contributed by atoms with E-state index in [0.717, 1.165) is 17.7 Å². The molecule has 0 atom stereocenters. The second kappa shape index (κ2) is 8.18. The molecule has 0 aliphatic heterocycles. The van der Waals surface area contributed by atoms with Crippen LogP contribution in [0.5, 0.6) is 5.75 Å². The fraction of sp³-hybridized carbons (Fsp3) is 0.250. The summed E-state index contributed by atoms with van der Waals surface area (Å²) in [6.07, 6.45) is 0.0140. The van der Waals surface area contributed by atoms with E-state index in [1.807, 2.05) is 19.9 Å². The molecule has 0 radical (unpaired) electrons. The van der Waals surface area contributed by atoms with E-state index >= 15 is 0 Å². The minimum absolute atomic E-state index is 0.0140. The number of aromatic carboxylic acids is 1. The molecule has 0 saturated heterocycles. The molecule has 0 spiro atoms. The Bertz CT molecular complexity index is 1000. The van der Waals surface area contributed by atoms with Crippen LogP contribution in [0.25, 0.3) is 22.8 Å². The molecule has 0 unspecified atom stereocenters. The number of aromatic nitrogens is 2. The topological polar surface area (TPSA) is 94.7 Å². The van der Waals surface area contributed by atoms with Gasteiger partial charge in [0.2, 0.25) is 5.82 Å². The summed E-state index contributed by atoms with van der Waals surface area (Å²) in [5.41, 5.74) is 1.38. The number of hydrogen-bond acceptors (Lipinski definition) is 6. The van der Waals surface area contributed by atoms with Crippen LogP contribution >= 0.6 is 0 Å². The Kier molecular flexibility index (Phi) is 5.70. The molecule has 0 aliphatic carbocycles. The Balaban J connectivity index is 1.92. The van der Waals surface area contributed by atoms with Crippen LogP contribution in [0.2, 0.25) is 0 Å². The average molecular weight is 386 g/mol. The summed E-state index contributed by atoms with van der Waals surface area (Å²) in [6, 6.07) is 9.06. The van der Waals surface area contributed by atoms with E-state index in [9.17, 15) is 9.18 Å². The number of ether oxygens (including phenoxy) is 2. The number of carboxylic acid groups (broad SMARTS) is 1. The van der Waals surface area contributed by atoms with Crippen LogP contribution in [0.4, 0.5) is 4.39 Å². The second-order valence-corrected chi connectivity index (χ2v) is 6.35. The molecule has 2 aromatic carbocycles. The SMILES string of the molecule is COCc1cc(-c2nc(-c3ccc(C(=O)O)c(F)c3)no2)ccc1OC(C)C. The monoisotopic (exact) mass is 386 g/mol. The van der Waals surface area contributed by atoms with Crippen molar-refractivity contribution >= 4 is 5.97 Å². The Hall–Kier alpha value is -3.26. The van der Waals surface area contributed by atoms with Gasteiger partial charge in [-0.1, -0.05) is 5.16 Å². The molecule has 0 fully saturated rings. The number of hydrogen-bond donors (Lipinski definition) is 1. The van der Waals surface area contributed by atoms with Crippen molar-refractivity contribution in [3.63, 3.8) is 0 Å². The van der Waals surface area contributed by atoms with Crippen LogP contribution in [-0.2, 0) is 11.3 Å². The normalized spacial score (nSPS) is 11.0. The number of carbonyl (C=O) groups is 1. The minimum atomic E-state index is -1.34. The lowest BCUT2D eigenvalue weighted by Gasteiger charge is -2.14. The summed E-state index contributed by atoms with van der Waals surface area (Å²) in [5, 5.41) is 12.8. The van der Waals surface area contributed by atoms with Gasteiger partial charge < -0.3 is 19.1 Å². The summed E-state index contributed by atoms with van der Waals surface area (Å²) >= 11 is 0. The maximum absolute atomic E-state index is 13.9. The van der Waals surface area contributed by atoms with Gasteiger partial charge in [0.15, 0.2) is 0 Å². The number of halogens is 1. The lowest BCUT2D eigenvalue weighted by molar-refractivity contribution is 0.0692. The highest BCUT2D eigenvalue weighted by Gasteiger charge is 2.16. The second-order valence-electron chi connectivity index (χ2n) is 6.35. The fourth-order valence-electron chi connectivity index (χ4n) is 2.64. The summed E-state index contributed by atoms with van der Waals surface area (Å²) in [4.78, 5) is 15.2. The van der Waals surface area contributed by atoms with Gasteiger partial charge in [-0.2, -0.15) is 4.98 Å². The van der Waals surface area contributed by atoms with Crippen molar-refractivity contribution in [2.24, 2.45) is 0 Å². The molecule has 0 amide bonds. The molecule has 3 rings (SSSR count). The zero-order valence-electron chi connectivity index (χ0n) is 15.6. The molecule has 1 N–H and O–H groups in total. The molecule has 28 heavy (non-hydrogen) atoms. The Morgan fingerprint density at radius 2 is 1.96 bits per heavy atom. The number of rotatable bonds is 7. The van der Waals surface area contributed by atoms with Gasteiger partial charge in [-0.25, -0.2) is 9.18 Å². The van der Waals surface area contributed by atoms with Gasteiger partial charge in [0.25, 0.3) is 5.89 Å². The highest BCUT2D eigenvalue weighted by Crippen LogP contribution is 2.29. The average Bonchev–Trinajstić information content (AvgIpc) is 3.12. The van der Waals surface area contributed by atoms with Crippen molar-refractivity contribution in [3.05, 3.63) is 53.3 Å². The standard InChI is InChI=1S/C20H19FN2O5/c1-11(2)27-17-7-5-13(8-14(17)10-26-3)19-22-18(23-28-19)12-4-6-15(20(24)25)16(21)9-12/h4-9,11H,10H2,1-3H3,(H,24,25). The molecule has 1 aromatic heterocycles. The summed E-state index contributed by atoms with van der Waals surface area (Å²) in [5.74, 6) is -1.11. The van der Waals surface area contributed by atoms with Crippen molar-refractivity contribution in [1.82, 2.24) is 10.1 Å².